The van der Waals surface area contributed by atoms with Gasteiger partial charge in [0.15, 0.2) is 10.1 Å². The Morgan fingerprint density at radius 1 is 1.21 bits per heavy atom. The summed E-state index contributed by atoms with van der Waals surface area (Å²) in [4.78, 5) is 27.2. The highest BCUT2D eigenvalue weighted by Gasteiger charge is 2.41. The Morgan fingerprint density at radius 2 is 1.95 bits per heavy atom. The molecule has 5 rings (SSSR count). The van der Waals surface area contributed by atoms with Gasteiger partial charge in [-0.15, -0.1) is 10.2 Å². The first-order chi connectivity index (χ1) is 18.4. The molecule has 192 valence electrons. The highest BCUT2D eigenvalue weighted by atomic mass is 32.2. The molecule has 3 N–H and O–H groups in total. The highest BCUT2D eigenvalue weighted by molar-refractivity contribution is 8.01. The van der Waals surface area contributed by atoms with Crippen molar-refractivity contribution < 1.29 is 14.0 Å². The van der Waals surface area contributed by atoms with E-state index in [-0.39, 0.29) is 28.8 Å². The molecule has 2 heterocycles. The molecule has 0 bridgehead atoms. The van der Waals surface area contributed by atoms with Crippen LogP contribution in [0.15, 0.2) is 75.5 Å². The summed E-state index contributed by atoms with van der Waals surface area (Å²) in [5, 5.41) is 21.8. The molecule has 11 heteroatoms. The third-order valence-electron chi connectivity index (χ3n) is 6.37. The largest absolute Gasteiger partial charge is 0.384 e. The first kappa shape index (κ1) is 25.6. The number of amides is 1. The minimum Gasteiger partial charge on any atom is -0.384 e. The molecule has 0 fully saturated rings. The fraction of sp³-hybridized carbons (Fsp3) is 0.222. The number of anilines is 2. The summed E-state index contributed by atoms with van der Waals surface area (Å²) in [6.45, 7) is 1.98. The van der Waals surface area contributed by atoms with Crippen LogP contribution in [0.4, 0.5) is 15.2 Å². The molecule has 1 aliphatic carbocycles. The normalized spacial score (nSPS) is 17.3. The fourth-order valence-electron chi connectivity index (χ4n) is 4.61. The number of ketones is 1. The number of carbonyl (C=O) groups excluding carboxylic acids is 2. The van der Waals surface area contributed by atoms with E-state index in [1.54, 1.807) is 17.0 Å². The Morgan fingerprint density at radius 3 is 2.66 bits per heavy atom. The predicted molar refractivity (Wildman–Crippen MR) is 145 cm³/mol. The number of nitrogens with one attached hydrogen (secondary N) is 1. The van der Waals surface area contributed by atoms with Crippen molar-refractivity contribution in [2.75, 3.05) is 16.0 Å². The zero-order valence-corrected chi connectivity index (χ0v) is 22.0. The molecule has 2 aliphatic rings. The smallest absolute Gasteiger partial charge is 0.234 e. The molecule has 1 aromatic heterocycles. The molecule has 1 atom stereocenters. The van der Waals surface area contributed by atoms with Gasteiger partial charge >= 0.3 is 0 Å². The topological polar surface area (TPSA) is 125 Å². The number of carbonyl (C=O) groups is 2. The van der Waals surface area contributed by atoms with Gasteiger partial charge in [-0.1, -0.05) is 52.9 Å². The van der Waals surface area contributed by atoms with Crippen LogP contribution in [0.3, 0.4) is 0 Å². The molecule has 8 nitrogen and oxygen atoms in total. The second-order valence-corrected chi connectivity index (χ2v) is 11.1. The van der Waals surface area contributed by atoms with Crippen molar-refractivity contribution in [3.63, 3.8) is 0 Å². The Balaban J connectivity index is 1.41. The van der Waals surface area contributed by atoms with E-state index < -0.39 is 11.7 Å². The number of hydrogen-bond acceptors (Lipinski definition) is 9. The molecule has 38 heavy (non-hydrogen) atoms. The quantitative estimate of drug-likeness (QED) is 0.413. The van der Waals surface area contributed by atoms with Crippen molar-refractivity contribution >= 4 is 45.6 Å². The number of allylic oxidation sites excluding steroid dienone is 3. The van der Waals surface area contributed by atoms with E-state index in [1.807, 2.05) is 31.2 Å². The zero-order chi connectivity index (χ0) is 26.8. The van der Waals surface area contributed by atoms with Gasteiger partial charge in [0.1, 0.15) is 11.6 Å². The van der Waals surface area contributed by atoms with Gasteiger partial charge in [0, 0.05) is 23.4 Å². The molecule has 1 aliphatic heterocycles. The summed E-state index contributed by atoms with van der Waals surface area (Å²) in [7, 11) is 0. The minimum atomic E-state index is -0.674. The molecule has 2 aromatic carbocycles. The fourth-order valence-corrected chi connectivity index (χ4v) is 6.29. The van der Waals surface area contributed by atoms with Crippen LogP contribution >= 0.6 is 23.1 Å². The van der Waals surface area contributed by atoms with E-state index >= 15 is 0 Å². The molecule has 0 saturated carbocycles. The summed E-state index contributed by atoms with van der Waals surface area (Å²) in [5.74, 6) is -1.03. The van der Waals surface area contributed by atoms with E-state index in [0.717, 1.165) is 5.56 Å². The van der Waals surface area contributed by atoms with Crippen LogP contribution < -0.4 is 16.0 Å². The van der Waals surface area contributed by atoms with E-state index in [2.05, 4.69) is 21.6 Å². The molecular formula is C27H23FN6O2S2. The first-order valence-electron chi connectivity index (χ1n) is 11.9. The van der Waals surface area contributed by atoms with E-state index in [1.165, 1.54) is 35.2 Å². The van der Waals surface area contributed by atoms with Crippen molar-refractivity contribution in [2.45, 2.75) is 36.4 Å². The molecule has 0 spiro atoms. The van der Waals surface area contributed by atoms with Gasteiger partial charge in [-0.2, -0.15) is 5.26 Å². The maximum Gasteiger partial charge on any atom is 0.234 e. The van der Waals surface area contributed by atoms with Crippen molar-refractivity contribution in [3.05, 3.63) is 88.1 Å². The number of aromatic nitrogens is 2. The predicted octanol–water partition coefficient (Wildman–Crippen LogP) is 5.02. The number of aryl methyl sites for hydroxylation is 1. The number of thioether (sulfide) groups is 1. The summed E-state index contributed by atoms with van der Waals surface area (Å²) in [6, 6.07) is 15.5. The number of hydrogen-bond donors (Lipinski definition) is 2. The lowest BCUT2D eigenvalue weighted by Crippen LogP contribution is -2.38. The second kappa shape index (κ2) is 10.8. The Hall–Kier alpha value is -4.01. The zero-order valence-electron chi connectivity index (χ0n) is 20.4. The van der Waals surface area contributed by atoms with Crippen LogP contribution in [0.2, 0.25) is 0 Å². The number of nitriles is 1. The van der Waals surface area contributed by atoms with E-state index in [4.69, 9.17) is 5.73 Å². The van der Waals surface area contributed by atoms with E-state index in [0.29, 0.717) is 51.3 Å². The maximum atomic E-state index is 13.6. The van der Waals surface area contributed by atoms with Crippen LogP contribution in [-0.4, -0.2) is 27.6 Å². The van der Waals surface area contributed by atoms with Crippen LogP contribution in [0, 0.1) is 24.1 Å². The molecule has 0 radical (unpaired) electrons. The van der Waals surface area contributed by atoms with Crippen LogP contribution in [-0.2, 0) is 9.59 Å². The number of Topliss-reactive ketones (excluding diaryl/α,β-unsaturated/α-hetero) is 1. The minimum absolute atomic E-state index is 0.0716. The number of halogens is 1. The monoisotopic (exact) mass is 546 g/mol. The van der Waals surface area contributed by atoms with Crippen LogP contribution in [0.5, 0.6) is 0 Å². The van der Waals surface area contributed by atoms with Gasteiger partial charge in [-0.25, -0.2) is 4.39 Å². The second-order valence-electron chi connectivity index (χ2n) is 8.92. The molecule has 0 saturated heterocycles. The molecule has 1 amide bonds. The van der Waals surface area contributed by atoms with Crippen molar-refractivity contribution in [1.29, 1.82) is 5.26 Å². The van der Waals surface area contributed by atoms with Gasteiger partial charge < -0.3 is 11.1 Å². The van der Waals surface area contributed by atoms with Crippen LogP contribution in [0.25, 0.3) is 0 Å². The third-order valence-corrected chi connectivity index (χ3v) is 8.41. The Labute approximate surface area is 227 Å². The SMILES string of the molecule is Cc1ccc(NC(=O)CSc2nnc(N3C(N)=C(C#N)C(c4ccc(F)cc4)C4=C3CCCC4=O)s2)cc1. The lowest BCUT2D eigenvalue weighted by molar-refractivity contribution is -0.116. The molecule has 3 aromatic rings. The number of nitrogens with two attached hydrogens (primary N) is 1. The van der Waals surface area contributed by atoms with Crippen molar-refractivity contribution in [3.8, 4) is 6.07 Å². The highest BCUT2D eigenvalue weighted by Crippen LogP contribution is 2.47. The average Bonchev–Trinajstić information content (AvgIpc) is 3.37. The van der Waals surface area contributed by atoms with Gasteiger partial charge in [0.2, 0.25) is 11.0 Å². The Kier molecular flexibility index (Phi) is 7.26. The summed E-state index contributed by atoms with van der Waals surface area (Å²) >= 11 is 2.47. The first-order valence-corrected chi connectivity index (χ1v) is 13.7. The molecular weight excluding hydrogens is 523 g/mol. The van der Waals surface area contributed by atoms with Crippen molar-refractivity contribution in [2.24, 2.45) is 5.73 Å². The van der Waals surface area contributed by atoms with Crippen molar-refractivity contribution in [1.82, 2.24) is 10.2 Å². The third kappa shape index (κ3) is 5.05. The average molecular weight is 547 g/mol. The standard InChI is InChI=1S/C27H23FN6O2S2/c1-15-5-11-18(12-6-15)31-22(36)14-37-27-33-32-26(38-27)34-20-3-2-4-21(35)24(20)23(19(13-29)25(34)30)16-7-9-17(28)10-8-16/h5-12,23H,2-4,14,30H2,1H3,(H,31,36). The lowest BCUT2D eigenvalue weighted by Gasteiger charge is -2.38. The maximum absolute atomic E-state index is 13.6. The number of nitrogens with zero attached hydrogens (tertiary/aromatic N) is 4. The Bertz CT molecular complexity index is 1510. The summed E-state index contributed by atoms with van der Waals surface area (Å²) in [5.41, 5.74) is 10.3. The van der Waals surface area contributed by atoms with Crippen LogP contribution in [0.1, 0.15) is 36.3 Å². The van der Waals surface area contributed by atoms with Gasteiger partial charge in [0.05, 0.1) is 23.3 Å². The number of benzene rings is 2. The van der Waals surface area contributed by atoms with E-state index in [9.17, 15) is 19.2 Å². The van der Waals surface area contributed by atoms with Gasteiger partial charge in [-0.3, -0.25) is 14.5 Å². The van der Waals surface area contributed by atoms with Gasteiger partial charge in [-0.05, 0) is 49.6 Å². The summed E-state index contributed by atoms with van der Waals surface area (Å²) < 4.78 is 14.2. The van der Waals surface area contributed by atoms with Gasteiger partial charge in [0.25, 0.3) is 0 Å². The lowest BCUT2D eigenvalue weighted by atomic mass is 9.76. The number of rotatable bonds is 6. The summed E-state index contributed by atoms with van der Waals surface area (Å²) in [6.07, 6.45) is 1.56. The molecule has 1 unspecified atom stereocenters.